The van der Waals surface area contributed by atoms with Crippen molar-refractivity contribution in [3.05, 3.63) is 64.2 Å². The fourth-order valence-corrected chi connectivity index (χ4v) is 2.45. The maximum atomic E-state index is 12.1. The van der Waals surface area contributed by atoms with Crippen molar-refractivity contribution in [3.8, 4) is 0 Å². The second kappa shape index (κ2) is 9.15. The second-order valence-electron chi connectivity index (χ2n) is 5.94. The first-order chi connectivity index (χ1) is 12.3. The van der Waals surface area contributed by atoms with Gasteiger partial charge >= 0.3 is 5.97 Å². The van der Waals surface area contributed by atoms with E-state index in [0.29, 0.717) is 16.3 Å². The minimum Gasteiger partial charge on any atom is -0.456 e. The Morgan fingerprint density at radius 2 is 1.77 bits per heavy atom. The van der Waals surface area contributed by atoms with E-state index in [4.69, 9.17) is 16.3 Å². The molecule has 0 saturated heterocycles. The van der Waals surface area contributed by atoms with E-state index < -0.39 is 18.5 Å². The number of Topliss-reactive ketones (excluding diaryl/α,β-unsaturated/α-hetero) is 1. The molecule has 26 heavy (non-hydrogen) atoms. The molecule has 0 bridgehead atoms. The van der Waals surface area contributed by atoms with Crippen molar-refractivity contribution in [3.63, 3.8) is 0 Å². The second-order valence-corrected chi connectivity index (χ2v) is 6.38. The zero-order valence-corrected chi connectivity index (χ0v) is 15.4. The molecule has 136 valence electrons. The van der Waals surface area contributed by atoms with Gasteiger partial charge in [0.15, 0.2) is 12.4 Å². The number of amides is 1. The molecular formula is C20H20ClNO4. The first-order valence-electron chi connectivity index (χ1n) is 8.16. The van der Waals surface area contributed by atoms with Crippen LogP contribution in [0.25, 0.3) is 0 Å². The summed E-state index contributed by atoms with van der Waals surface area (Å²) in [6.45, 7) is 3.48. The van der Waals surface area contributed by atoms with Crippen LogP contribution in [0.2, 0.25) is 5.02 Å². The lowest BCUT2D eigenvalue weighted by Crippen LogP contribution is -2.21. The van der Waals surface area contributed by atoms with Crippen molar-refractivity contribution >= 4 is 34.9 Å². The summed E-state index contributed by atoms with van der Waals surface area (Å²) in [5.41, 5.74) is 3.21. The van der Waals surface area contributed by atoms with Crippen LogP contribution < -0.4 is 5.32 Å². The Balaban J connectivity index is 1.75. The first-order valence-corrected chi connectivity index (χ1v) is 8.54. The van der Waals surface area contributed by atoms with Gasteiger partial charge in [0.05, 0.1) is 6.42 Å². The molecule has 5 nitrogen and oxygen atoms in total. The quantitative estimate of drug-likeness (QED) is 0.585. The molecule has 0 atom stereocenters. The number of carbonyl (C=O) groups is 3. The molecule has 2 aromatic rings. The Morgan fingerprint density at radius 1 is 1.00 bits per heavy atom. The molecule has 0 radical (unpaired) electrons. The predicted molar refractivity (Wildman–Crippen MR) is 101 cm³/mol. The number of anilines is 1. The number of rotatable bonds is 7. The van der Waals surface area contributed by atoms with Crippen LogP contribution in [-0.4, -0.2) is 24.3 Å². The highest BCUT2D eigenvalue weighted by atomic mass is 35.5. The molecular weight excluding hydrogens is 354 g/mol. The Morgan fingerprint density at radius 3 is 2.46 bits per heavy atom. The van der Waals surface area contributed by atoms with E-state index in [1.807, 2.05) is 19.9 Å². The number of halogens is 1. The molecule has 2 rings (SSSR count). The fourth-order valence-electron chi connectivity index (χ4n) is 2.26. The van der Waals surface area contributed by atoms with Crippen LogP contribution in [0.5, 0.6) is 0 Å². The van der Waals surface area contributed by atoms with Crippen LogP contribution in [0.1, 0.15) is 34.3 Å². The molecule has 2 aromatic carbocycles. The topological polar surface area (TPSA) is 72.5 Å². The average Bonchev–Trinajstić information content (AvgIpc) is 2.60. The van der Waals surface area contributed by atoms with Crippen molar-refractivity contribution in [1.29, 1.82) is 0 Å². The van der Waals surface area contributed by atoms with Crippen LogP contribution in [0, 0.1) is 13.8 Å². The molecule has 0 aliphatic carbocycles. The number of hydrogen-bond donors (Lipinski definition) is 1. The van der Waals surface area contributed by atoms with Crippen LogP contribution >= 0.6 is 11.6 Å². The summed E-state index contributed by atoms with van der Waals surface area (Å²) in [4.78, 5) is 35.6. The van der Waals surface area contributed by atoms with E-state index >= 15 is 0 Å². The standard InChI is InChI=1S/C20H20ClNO4/c1-13-6-7-15(10-14(13)2)18(23)8-9-20(25)26-12-19(24)22-17-5-3-4-16(21)11-17/h3-7,10-11H,8-9,12H2,1-2H3,(H,22,24). The maximum Gasteiger partial charge on any atom is 0.306 e. The van der Waals surface area contributed by atoms with E-state index in [-0.39, 0.29) is 18.6 Å². The van der Waals surface area contributed by atoms with Gasteiger partial charge in [-0.05, 0) is 49.2 Å². The van der Waals surface area contributed by atoms with Gasteiger partial charge in [0.1, 0.15) is 0 Å². The first kappa shape index (κ1) is 19.7. The van der Waals surface area contributed by atoms with Crippen molar-refractivity contribution < 1.29 is 19.1 Å². The molecule has 0 aliphatic rings. The zero-order chi connectivity index (χ0) is 19.1. The number of benzene rings is 2. The summed E-state index contributed by atoms with van der Waals surface area (Å²) in [5.74, 6) is -1.20. The van der Waals surface area contributed by atoms with Crippen molar-refractivity contribution in [2.75, 3.05) is 11.9 Å². The van der Waals surface area contributed by atoms with Gasteiger partial charge in [-0.2, -0.15) is 0 Å². The van der Waals surface area contributed by atoms with Crippen molar-refractivity contribution in [2.24, 2.45) is 0 Å². The molecule has 0 aliphatic heterocycles. The van der Waals surface area contributed by atoms with Gasteiger partial charge in [0.2, 0.25) is 0 Å². The van der Waals surface area contributed by atoms with Crippen LogP contribution in [0.3, 0.4) is 0 Å². The Bertz CT molecular complexity index is 832. The lowest BCUT2D eigenvalue weighted by atomic mass is 10.0. The van der Waals surface area contributed by atoms with Gasteiger partial charge in [0.25, 0.3) is 5.91 Å². The van der Waals surface area contributed by atoms with Gasteiger partial charge in [-0.15, -0.1) is 0 Å². The molecule has 0 heterocycles. The van der Waals surface area contributed by atoms with Gasteiger partial charge in [0, 0.05) is 22.7 Å². The molecule has 0 fully saturated rings. The van der Waals surface area contributed by atoms with E-state index in [1.54, 1.807) is 36.4 Å². The highest BCUT2D eigenvalue weighted by molar-refractivity contribution is 6.30. The van der Waals surface area contributed by atoms with E-state index in [2.05, 4.69) is 5.32 Å². The summed E-state index contributed by atoms with van der Waals surface area (Å²) in [5, 5.41) is 3.06. The Hall–Kier alpha value is -2.66. The van der Waals surface area contributed by atoms with Crippen LogP contribution in [0.15, 0.2) is 42.5 Å². The summed E-state index contributed by atoms with van der Waals surface area (Å²) < 4.78 is 4.90. The number of nitrogens with one attached hydrogen (secondary N) is 1. The highest BCUT2D eigenvalue weighted by Gasteiger charge is 2.12. The summed E-state index contributed by atoms with van der Waals surface area (Å²) in [6, 6.07) is 12.1. The molecule has 0 saturated carbocycles. The third kappa shape index (κ3) is 6.01. The number of aryl methyl sites for hydroxylation is 2. The average molecular weight is 374 g/mol. The summed E-state index contributed by atoms with van der Waals surface area (Å²) in [6.07, 6.45) is -0.0343. The Labute approximate surface area is 157 Å². The molecule has 0 unspecified atom stereocenters. The molecule has 1 amide bonds. The monoisotopic (exact) mass is 373 g/mol. The van der Waals surface area contributed by atoms with Gasteiger partial charge < -0.3 is 10.1 Å². The van der Waals surface area contributed by atoms with E-state index in [9.17, 15) is 14.4 Å². The maximum absolute atomic E-state index is 12.1. The minimum atomic E-state index is -0.594. The SMILES string of the molecule is Cc1ccc(C(=O)CCC(=O)OCC(=O)Nc2cccc(Cl)c2)cc1C. The van der Waals surface area contributed by atoms with Gasteiger partial charge in [-0.3, -0.25) is 14.4 Å². The minimum absolute atomic E-state index is 0.0389. The number of ketones is 1. The number of esters is 1. The fraction of sp³-hybridized carbons (Fsp3) is 0.250. The third-order valence-electron chi connectivity index (χ3n) is 3.86. The molecule has 6 heteroatoms. The molecule has 0 spiro atoms. The predicted octanol–water partition coefficient (Wildman–Crippen LogP) is 4.10. The molecule has 1 N–H and O–H groups in total. The number of ether oxygens (including phenoxy) is 1. The van der Waals surface area contributed by atoms with Crippen molar-refractivity contribution in [2.45, 2.75) is 26.7 Å². The lowest BCUT2D eigenvalue weighted by Gasteiger charge is -2.07. The lowest BCUT2D eigenvalue weighted by molar-refractivity contribution is -0.147. The Kier molecular flexibility index (Phi) is 6.92. The number of hydrogen-bond acceptors (Lipinski definition) is 4. The highest BCUT2D eigenvalue weighted by Crippen LogP contribution is 2.15. The summed E-state index contributed by atoms with van der Waals surface area (Å²) in [7, 11) is 0. The zero-order valence-electron chi connectivity index (χ0n) is 14.7. The van der Waals surface area contributed by atoms with Crippen LogP contribution in [-0.2, 0) is 14.3 Å². The van der Waals surface area contributed by atoms with E-state index in [0.717, 1.165) is 11.1 Å². The van der Waals surface area contributed by atoms with Crippen molar-refractivity contribution in [1.82, 2.24) is 0 Å². The smallest absolute Gasteiger partial charge is 0.306 e. The normalized spacial score (nSPS) is 10.3. The number of carbonyl (C=O) groups excluding carboxylic acids is 3. The van der Waals surface area contributed by atoms with Gasteiger partial charge in [-0.1, -0.05) is 29.8 Å². The van der Waals surface area contributed by atoms with E-state index in [1.165, 1.54) is 0 Å². The molecule has 0 aromatic heterocycles. The van der Waals surface area contributed by atoms with Crippen LogP contribution in [0.4, 0.5) is 5.69 Å². The third-order valence-corrected chi connectivity index (χ3v) is 4.09. The summed E-state index contributed by atoms with van der Waals surface area (Å²) >= 11 is 5.83. The van der Waals surface area contributed by atoms with Gasteiger partial charge in [-0.25, -0.2) is 0 Å². The largest absolute Gasteiger partial charge is 0.456 e.